The van der Waals surface area contributed by atoms with Crippen LogP contribution in [-0.2, 0) is 11.2 Å². The number of methoxy groups -OCH3 is 3. The highest BCUT2D eigenvalue weighted by Crippen LogP contribution is 2.69. The summed E-state index contributed by atoms with van der Waals surface area (Å²) in [6.45, 7) is 3.89. The van der Waals surface area contributed by atoms with Crippen LogP contribution < -0.4 is 24.5 Å². The van der Waals surface area contributed by atoms with Gasteiger partial charge < -0.3 is 29.0 Å². The maximum atomic E-state index is 13.9. The fourth-order valence-electron chi connectivity index (χ4n) is 6.12. The molecule has 39 heavy (non-hydrogen) atoms. The second-order valence-electron chi connectivity index (χ2n) is 10.2. The van der Waals surface area contributed by atoms with Crippen molar-refractivity contribution < 1.29 is 24.1 Å². The molecule has 0 radical (unpaired) electrons. The highest BCUT2D eigenvalue weighted by atomic mass is 16.5. The summed E-state index contributed by atoms with van der Waals surface area (Å²) in [4.78, 5) is 21.8. The molecule has 8 nitrogen and oxygen atoms in total. The van der Waals surface area contributed by atoms with Gasteiger partial charge in [0, 0.05) is 23.6 Å². The molecule has 4 aromatic rings. The summed E-state index contributed by atoms with van der Waals surface area (Å²) in [5, 5.41) is 13.2. The Morgan fingerprint density at radius 2 is 1.64 bits per heavy atom. The zero-order valence-electron chi connectivity index (χ0n) is 22.4. The fraction of sp³-hybridized carbons (Fsp3) is 0.290. The van der Waals surface area contributed by atoms with Crippen LogP contribution in [0.5, 0.6) is 23.0 Å². The fourth-order valence-corrected chi connectivity index (χ4v) is 6.12. The van der Waals surface area contributed by atoms with E-state index in [0.717, 1.165) is 5.56 Å². The lowest BCUT2D eigenvalue weighted by Crippen LogP contribution is -2.49. The summed E-state index contributed by atoms with van der Waals surface area (Å²) in [5.41, 5.74) is -1.24. The van der Waals surface area contributed by atoms with E-state index in [2.05, 4.69) is 4.98 Å². The molecule has 6 rings (SSSR count). The van der Waals surface area contributed by atoms with Gasteiger partial charge in [-0.1, -0.05) is 56.3 Å². The zero-order chi connectivity index (χ0) is 27.5. The molecule has 0 fully saturated rings. The third-order valence-corrected chi connectivity index (χ3v) is 7.88. The molecule has 200 valence electrons. The Morgan fingerprint density at radius 1 is 0.949 bits per heavy atom. The van der Waals surface area contributed by atoms with Crippen molar-refractivity contribution in [2.75, 3.05) is 21.3 Å². The van der Waals surface area contributed by atoms with Crippen molar-refractivity contribution in [1.82, 2.24) is 9.97 Å². The van der Waals surface area contributed by atoms with Crippen LogP contribution in [-0.4, -0.2) is 36.4 Å². The van der Waals surface area contributed by atoms with Crippen molar-refractivity contribution in [3.8, 4) is 23.0 Å². The molecule has 0 unspecified atom stereocenters. The highest BCUT2D eigenvalue weighted by molar-refractivity contribution is 5.68. The zero-order valence-corrected chi connectivity index (χ0v) is 22.4. The molecule has 3 aromatic carbocycles. The van der Waals surface area contributed by atoms with Crippen LogP contribution in [0.15, 0.2) is 71.5 Å². The minimum absolute atomic E-state index is 0.0858. The molecule has 2 N–H and O–H groups in total. The first-order valence-corrected chi connectivity index (χ1v) is 12.8. The van der Waals surface area contributed by atoms with Gasteiger partial charge >= 0.3 is 0 Å². The number of nitrogens with zero attached hydrogens (tertiary/aromatic N) is 1. The number of aliphatic hydroxyl groups is 1. The first kappa shape index (κ1) is 25.0. The van der Waals surface area contributed by atoms with E-state index >= 15 is 0 Å². The topological polar surface area (TPSA) is 103 Å². The van der Waals surface area contributed by atoms with Crippen molar-refractivity contribution in [2.45, 2.75) is 36.9 Å². The Hall–Kier alpha value is -4.30. The maximum Gasteiger partial charge on any atom is 0.255 e. The van der Waals surface area contributed by atoms with Gasteiger partial charge in [0.2, 0.25) is 0 Å². The number of hydrogen-bond acceptors (Lipinski definition) is 7. The lowest BCUT2D eigenvalue weighted by Gasteiger charge is -2.40. The summed E-state index contributed by atoms with van der Waals surface area (Å²) in [5.74, 6) is 1.60. The third-order valence-electron chi connectivity index (χ3n) is 7.88. The van der Waals surface area contributed by atoms with E-state index in [-0.39, 0.29) is 17.2 Å². The van der Waals surface area contributed by atoms with E-state index in [4.69, 9.17) is 23.9 Å². The van der Waals surface area contributed by atoms with E-state index in [1.54, 1.807) is 26.4 Å². The molecule has 0 saturated heterocycles. The molecule has 3 atom stereocenters. The van der Waals surface area contributed by atoms with Crippen LogP contribution in [0.3, 0.4) is 0 Å². The Labute approximate surface area is 226 Å². The van der Waals surface area contributed by atoms with Crippen LogP contribution >= 0.6 is 0 Å². The summed E-state index contributed by atoms with van der Waals surface area (Å²) in [6.07, 6.45) is 0. The minimum Gasteiger partial charge on any atom is -0.497 e. The smallest absolute Gasteiger partial charge is 0.255 e. The molecule has 1 aliphatic carbocycles. The Morgan fingerprint density at radius 3 is 2.26 bits per heavy atom. The number of H-pyrrole nitrogens is 1. The number of ether oxygens (including phenoxy) is 4. The molecule has 0 bridgehead atoms. The van der Waals surface area contributed by atoms with Gasteiger partial charge in [-0.05, 0) is 17.7 Å². The summed E-state index contributed by atoms with van der Waals surface area (Å²) in [7, 11) is 4.68. The normalized spacial score (nSPS) is 22.6. The van der Waals surface area contributed by atoms with Gasteiger partial charge in [0.1, 0.15) is 28.8 Å². The summed E-state index contributed by atoms with van der Waals surface area (Å²) < 4.78 is 23.7. The highest BCUT2D eigenvalue weighted by Gasteiger charge is 2.73. The van der Waals surface area contributed by atoms with Crippen LogP contribution in [0.1, 0.15) is 59.5 Å². The first-order chi connectivity index (χ1) is 18.8. The molecule has 0 spiro atoms. The molecule has 8 heteroatoms. The van der Waals surface area contributed by atoms with Gasteiger partial charge in [-0.25, -0.2) is 4.98 Å². The number of fused-ring (bicyclic) bond motifs is 5. The van der Waals surface area contributed by atoms with Crippen LogP contribution in [0.25, 0.3) is 0 Å². The lowest BCUT2D eigenvalue weighted by atomic mass is 9.70. The van der Waals surface area contributed by atoms with E-state index in [1.165, 1.54) is 7.11 Å². The Bertz CT molecular complexity index is 1620. The average Bonchev–Trinajstić information content (AvgIpc) is 3.35. The summed E-state index contributed by atoms with van der Waals surface area (Å²) in [6, 6.07) is 20.4. The number of rotatable bonds is 6. The van der Waals surface area contributed by atoms with Gasteiger partial charge in [0.05, 0.1) is 44.1 Å². The average molecular weight is 527 g/mol. The number of aromatic nitrogens is 2. The Balaban J connectivity index is 1.79. The van der Waals surface area contributed by atoms with E-state index in [1.807, 2.05) is 68.4 Å². The van der Waals surface area contributed by atoms with E-state index in [0.29, 0.717) is 45.5 Å². The third kappa shape index (κ3) is 3.27. The molecule has 1 aromatic heterocycles. The van der Waals surface area contributed by atoms with Gasteiger partial charge in [0.25, 0.3) is 5.56 Å². The molecule has 2 aliphatic rings. The van der Waals surface area contributed by atoms with Crippen molar-refractivity contribution in [3.05, 3.63) is 111 Å². The molecule has 0 amide bonds. The van der Waals surface area contributed by atoms with Gasteiger partial charge in [-0.15, -0.1) is 0 Å². The predicted octanol–water partition coefficient (Wildman–Crippen LogP) is 4.59. The quantitative estimate of drug-likeness (QED) is 0.379. The first-order valence-electron chi connectivity index (χ1n) is 12.8. The molecule has 1 aliphatic heterocycles. The van der Waals surface area contributed by atoms with Crippen molar-refractivity contribution in [2.24, 2.45) is 0 Å². The minimum atomic E-state index is -1.89. The SMILES string of the molecule is COc1ccc([C@@]23Oc4cc(OC)cc(OC)c4[C@]2(O)c2nc(C(C)C)[nH]c(=O)c2[C@H]3c2ccccc2)cc1. The van der Waals surface area contributed by atoms with Gasteiger partial charge in [0.15, 0.2) is 11.2 Å². The van der Waals surface area contributed by atoms with E-state index in [9.17, 15) is 9.90 Å². The predicted molar refractivity (Wildman–Crippen MR) is 145 cm³/mol. The number of nitrogens with one attached hydrogen (secondary N) is 1. The number of aromatic amines is 1. The van der Waals surface area contributed by atoms with Gasteiger partial charge in [-0.2, -0.15) is 0 Å². The van der Waals surface area contributed by atoms with Crippen molar-refractivity contribution in [1.29, 1.82) is 0 Å². The van der Waals surface area contributed by atoms with Crippen molar-refractivity contribution >= 4 is 0 Å². The maximum absolute atomic E-state index is 13.9. The van der Waals surface area contributed by atoms with Crippen LogP contribution in [0.4, 0.5) is 0 Å². The second-order valence-corrected chi connectivity index (χ2v) is 10.2. The largest absolute Gasteiger partial charge is 0.497 e. The number of hydrogen-bond donors (Lipinski definition) is 2. The molecular weight excluding hydrogens is 496 g/mol. The summed E-state index contributed by atoms with van der Waals surface area (Å²) >= 11 is 0. The monoisotopic (exact) mass is 526 g/mol. The second kappa shape index (κ2) is 8.88. The molecular formula is C31H30N2O6. The van der Waals surface area contributed by atoms with Crippen LogP contribution in [0, 0.1) is 0 Å². The van der Waals surface area contributed by atoms with Gasteiger partial charge in [-0.3, -0.25) is 4.79 Å². The Kier molecular flexibility index (Phi) is 5.69. The van der Waals surface area contributed by atoms with Crippen molar-refractivity contribution in [3.63, 3.8) is 0 Å². The van der Waals surface area contributed by atoms with Crippen LogP contribution in [0.2, 0.25) is 0 Å². The number of benzene rings is 3. The molecule has 2 heterocycles. The van der Waals surface area contributed by atoms with E-state index < -0.39 is 17.1 Å². The lowest BCUT2D eigenvalue weighted by molar-refractivity contribution is -0.0910. The standard InChI is InChI=1S/C31H30N2O6/c1-17(2)28-32-27-24(29(34)33-28)25(18-9-7-6-8-10-18)31(19-11-13-20(36-3)14-12-19)30(27,35)26-22(38-5)15-21(37-4)16-23(26)39-31/h6-17,25,35H,1-5H3,(H,32,33,34)/t25-,30+,31+/m1/s1. The molecule has 0 saturated carbocycles.